The molecule has 0 aromatic heterocycles. The highest BCUT2D eigenvalue weighted by molar-refractivity contribution is 9.10. The average molecular weight is 550 g/mol. The molecule has 3 rings (SSSR count). The molecule has 1 N–H and O–H groups in total. The Morgan fingerprint density at radius 3 is 2.64 bits per heavy atom. The highest BCUT2D eigenvalue weighted by Gasteiger charge is 2.15. The number of carbonyl (C=O) groups is 1. The van der Waals surface area contributed by atoms with Crippen molar-refractivity contribution in [3.8, 4) is 17.6 Å². The van der Waals surface area contributed by atoms with Crippen molar-refractivity contribution in [2.75, 3.05) is 12.4 Å². The van der Waals surface area contributed by atoms with Crippen LogP contribution in [0.4, 0.5) is 10.1 Å². The first-order valence-electron chi connectivity index (χ1n) is 9.44. The highest BCUT2D eigenvalue weighted by atomic mass is 79.9. The van der Waals surface area contributed by atoms with E-state index in [1.807, 2.05) is 6.07 Å². The molecule has 168 valence electrons. The second-order valence-corrected chi connectivity index (χ2v) is 8.36. The van der Waals surface area contributed by atoms with Gasteiger partial charge in [-0.1, -0.05) is 41.4 Å². The molecule has 9 heteroatoms. The van der Waals surface area contributed by atoms with Gasteiger partial charge in [-0.25, -0.2) is 4.39 Å². The van der Waals surface area contributed by atoms with Gasteiger partial charge in [-0.2, -0.15) is 5.26 Å². The molecule has 0 atom stereocenters. The molecule has 0 saturated carbocycles. The van der Waals surface area contributed by atoms with Gasteiger partial charge in [0.05, 0.1) is 17.3 Å². The van der Waals surface area contributed by atoms with Crippen LogP contribution in [0.2, 0.25) is 10.0 Å². The first-order valence-corrected chi connectivity index (χ1v) is 11.0. The number of para-hydroxylation sites is 1. The van der Waals surface area contributed by atoms with E-state index in [2.05, 4.69) is 21.2 Å². The van der Waals surface area contributed by atoms with Gasteiger partial charge < -0.3 is 14.8 Å². The van der Waals surface area contributed by atoms with Crippen molar-refractivity contribution in [1.82, 2.24) is 0 Å². The fourth-order valence-corrected chi connectivity index (χ4v) is 3.86. The normalized spacial score (nSPS) is 11.0. The van der Waals surface area contributed by atoms with Crippen molar-refractivity contribution in [1.29, 1.82) is 5.26 Å². The fourth-order valence-electron chi connectivity index (χ4n) is 2.82. The van der Waals surface area contributed by atoms with Crippen LogP contribution in [0.15, 0.2) is 64.6 Å². The molecular weight excluding hydrogens is 534 g/mol. The van der Waals surface area contributed by atoms with Gasteiger partial charge in [0.2, 0.25) is 0 Å². The maximum atomic E-state index is 13.8. The average Bonchev–Trinajstić information content (AvgIpc) is 2.78. The predicted molar refractivity (Wildman–Crippen MR) is 130 cm³/mol. The lowest BCUT2D eigenvalue weighted by atomic mass is 10.1. The van der Waals surface area contributed by atoms with Gasteiger partial charge in [-0.05, 0) is 64.0 Å². The number of rotatable bonds is 7. The number of nitrogens with one attached hydrogen (secondary N) is 1. The molecule has 0 aliphatic rings. The van der Waals surface area contributed by atoms with Crippen LogP contribution in [0, 0.1) is 17.1 Å². The molecule has 33 heavy (non-hydrogen) atoms. The summed E-state index contributed by atoms with van der Waals surface area (Å²) in [4.78, 5) is 12.5. The van der Waals surface area contributed by atoms with Gasteiger partial charge in [-0.15, -0.1) is 0 Å². The van der Waals surface area contributed by atoms with Crippen LogP contribution in [-0.2, 0) is 11.4 Å². The summed E-state index contributed by atoms with van der Waals surface area (Å²) >= 11 is 15.6. The van der Waals surface area contributed by atoms with E-state index in [1.165, 1.54) is 31.4 Å². The van der Waals surface area contributed by atoms with Crippen molar-refractivity contribution < 1.29 is 18.7 Å². The Bertz CT molecular complexity index is 1280. The maximum Gasteiger partial charge on any atom is 0.266 e. The van der Waals surface area contributed by atoms with E-state index in [9.17, 15) is 14.4 Å². The summed E-state index contributed by atoms with van der Waals surface area (Å²) in [6.45, 7) is 0.161. The Kier molecular flexibility index (Phi) is 8.34. The van der Waals surface area contributed by atoms with Crippen LogP contribution in [0.1, 0.15) is 11.1 Å². The number of hydrogen-bond acceptors (Lipinski definition) is 4. The Hall–Kier alpha value is -3.05. The zero-order chi connectivity index (χ0) is 24.0. The quantitative estimate of drug-likeness (QED) is 0.254. The summed E-state index contributed by atoms with van der Waals surface area (Å²) in [5.74, 6) is -0.562. The summed E-state index contributed by atoms with van der Waals surface area (Å²) in [5.41, 5.74) is 0.993. The third-order valence-corrected chi connectivity index (χ3v) is 5.61. The van der Waals surface area contributed by atoms with Crippen molar-refractivity contribution in [3.63, 3.8) is 0 Å². The van der Waals surface area contributed by atoms with Gasteiger partial charge in [0.25, 0.3) is 5.91 Å². The standard InChI is InChI=1S/C24H16BrCl2FN2O3/c1-32-22-10-14(8-16(12-29)24(31)30-21-5-3-2-4-20(21)28)9-18(25)23(22)33-13-15-6-7-17(26)11-19(15)27/h2-11H,13H2,1H3,(H,30,31)/b16-8-. The smallest absolute Gasteiger partial charge is 0.266 e. The van der Waals surface area contributed by atoms with Crippen LogP contribution in [-0.4, -0.2) is 13.0 Å². The number of benzene rings is 3. The highest BCUT2D eigenvalue weighted by Crippen LogP contribution is 2.38. The third-order valence-electron chi connectivity index (χ3n) is 4.44. The van der Waals surface area contributed by atoms with Crippen molar-refractivity contribution in [2.24, 2.45) is 0 Å². The number of halogens is 4. The fraction of sp³-hybridized carbons (Fsp3) is 0.0833. The first kappa shape index (κ1) is 24.6. The van der Waals surface area contributed by atoms with E-state index in [0.29, 0.717) is 31.6 Å². The number of ether oxygens (including phenoxy) is 2. The Morgan fingerprint density at radius 1 is 1.21 bits per heavy atom. The molecule has 0 aliphatic heterocycles. The van der Waals surface area contributed by atoms with E-state index >= 15 is 0 Å². The molecule has 0 unspecified atom stereocenters. The number of hydrogen-bond donors (Lipinski definition) is 1. The van der Waals surface area contributed by atoms with E-state index in [4.69, 9.17) is 32.7 Å². The minimum absolute atomic E-state index is 0.0213. The van der Waals surface area contributed by atoms with E-state index < -0.39 is 11.7 Å². The number of anilines is 1. The summed E-state index contributed by atoms with van der Waals surface area (Å²) in [6, 6.07) is 15.9. The zero-order valence-electron chi connectivity index (χ0n) is 17.2. The third kappa shape index (κ3) is 6.26. The molecule has 0 fully saturated rings. The molecule has 1 amide bonds. The van der Waals surface area contributed by atoms with Gasteiger partial charge >= 0.3 is 0 Å². The van der Waals surface area contributed by atoms with Gasteiger partial charge in [0.1, 0.15) is 24.1 Å². The molecule has 0 heterocycles. The maximum absolute atomic E-state index is 13.8. The second-order valence-electron chi connectivity index (χ2n) is 6.66. The topological polar surface area (TPSA) is 71.3 Å². The van der Waals surface area contributed by atoms with Crippen LogP contribution < -0.4 is 14.8 Å². The monoisotopic (exact) mass is 548 g/mol. The van der Waals surface area contributed by atoms with Crippen molar-refractivity contribution >= 4 is 56.8 Å². The molecule has 3 aromatic rings. The van der Waals surface area contributed by atoms with Crippen molar-refractivity contribution in [3.05, 3.63) is 91.6 Å². The predicted octanol–water partition coefficient (Wildman–Crippen LogP) is 7.03. The van der Waals surface area contributed by atoms with Crippen molar-refractivity contribution in [2.45, 2.75) is 6.61 Å². The molecule has 0 saturated heterocycles. The molecule has 0 aliphatic carbocycles. The largest absolute Gasteiger partial charge is 0.493 e. The minimum atomic E-state index is -0.740. The molecule has 0 bridgehead atoms. The van der Waals surface area contributed by atoms with E-state index in [1.54, 1.807) is 36.4 Å². The molecule has 5 nitrogen and oxygen atoms in total. The van der Waals surface area contributed by atoms with Gasteiger partial charge in [0, 0.05) is 15.6 Å². The minimum Gasteiger partial charge on any atom is -0.493 e. The van der Waals surface area contributed by atoms with E-state index in [-0.39, 0.29) is 17.9 Å². The Morgan fingerprint density at radius 2 is 1.97 bits per heavy atom. The zero-order valence-corrected chi connectivity index (χ0v) is 20.3. The van der Waals surface area contributed by atoms with Gasteiger partial charge in [0.15, 0.2) is 11.5 Å². The van der Waals surface area contributed by atoms with Crippen LogP contribution in [0.3, 0.4) is 0 Å². The molecule has 0 radical (unpaired) electrons. The van der Waals surface area contributed by atoms with Gasteiger partial charge in [-0.3, -0.25) is 4.79 Å². The molecule has 3 aromatic carbocycles. The molecular formula is C24H16BrCl2FN2O3. The number of amides is 1. The van der Waals surface area contributed by atoms with Crippen LogP contribution in [0.25, 0.3) is 6.08 Å². The Labute approximate surface area is 208 Å². The number of carbonyl (C=O) groups excluding carboxylic acids is 1. The molecule has 0 spiro atoms. The summed E-state index contributed by atoms with van der Waals surface area (Å²) in [5, 5.41) is 12.8. The van der Waals surface area contributed by atoms with Crippen LogP contribution >= 0.6 is 39.1 Å². The van der Waals surface area contributed by atoms with Crippen LogP contribution in [0.5, 0.6) is 11.5 Å². The second kappa shape index (κ2) is 11.2. The lowest BCUT2D eigenvalue weighted by molar-refractivity contribution is -0.112. The lowest BCUT2D eigenvalue weighted by Crippen LogP contribution is -2.14. The number of nitrogens with zero attached hydrogens (tertiary/aromatic N) is 1. The lowest BCUT2D eigenvalue weighted by Gasteiger charge is -2.14. The SMILES string of the molecule is COc1cc(/C=C(/C#N)C(=O)Nc2ccccc2F)cc(Br)c1OCc1ccc(Cl)cc1Cl. The first-order chi connectivity index (χ1) is 15.8. The Balaban J connectivity index is 1.84. The van der Waals surface area contributed by atoms with E-state index in [0.717, 1.165) is 5.56 Å². The summed E-state index contributed by atoms with van der Waals surface area (Å²) in [6.07, 6.45) is 1.36. The number of nitriles is 1. The summed E-state index contributed by atoms with van der Waals surface area (Å²) in [7, 11) is 1.47. The number of methoxy groups -OCH3 is 1. The summed E-state index contributed by atoms with van der Waals surface area (Å²) < 4.78 is 25.6.